The number of hydrogen-bond donors (Lipinski definition) is 0. The number of fused-ring (bicyclic) bond motifs is 1. The zero-order valence-corrected chi connectivity index (χ0v) is 18.9. The molecular weight excluding hydrogens is 398 g/mol. The van der Waals surface area contributed by atoms with Gasteiger partial charge in [0.1, 0.15) is 0 Å². The summed E-state index contributed by atoms with van der Waals surface area (Å²) in [6.45, 7) is 9.65. The van der Waals surface area contributed by atoms with Gasteiger partial charge in [-0.15, -0.1) is 11.8 Å². The number of anilines is 1. The van der Waals surface area contributed by atoms with Gasteiger partial charge in [-0.05, 0) is 42.3 Å². The van der Waals surface area contributed by atoms with Crippen molar-refractivity contribution in [3.05, 3.63) is 53.6 Å². The molecule has 152 valence electrons. The van der Waals surface area contributed by atoms with Crippen molar-refractivity contribution >= 4 is 44.4 Å². The molecule has 1 aromatic heterocycles. The van der Waals surface area contributed by atoms with E-state index in [1.54, 1.807) is 11.3 Å². The van der Waals surface area contributed by atoms with E-state index in [0.717, 1.165) is 48.8 Å². The van der Waals surface area contributed by atoms with Crippen molar-refractivity contribution < 1.29 is 4.79 Å². The lowest BCUT2D eigenvalue weighted by Gasteiger charge is -2.34. The zero-order chi connectivity index (χ0) is 20.4. The lowest BCUT2D eigenvalue weighted by Crippen LogP contribution is -2.48. The average Bonchev–Trinajstić information content (AvgIpc) is 3.18. The Balaban J connectivity index is 1.41. The van der Waals surface area contributed by atoms with Crippen molar-refractivity contribution in [2.45, 2.75) is 37.3 Å². The molecule has 1 aliphatic heterocycles. The van der Waals surface area contributed by atoms with Gasteiger partial charge in [-0.1, -0.05) is 44.2 Å². The van der Waals surface area contributed by atoms with Crippen LogP contribution in [0, 0.1) is 0 Å². The molecular formula is C23H27N3OS2. The maximum atomic E-state index is 12.9. The van der Waals surface area contributed by atoms with Crippen molar-refractivity contribution in [3.8, 4) is 0 Å². The molecule has 0 aliphatic carbocycles. The Morgan fingerprint density at radius 1 is 1.10 bits per heavy atom. The fourth-order valence-electron chi connectivity index (χ4n) is 3.65. The molecule has 0 radical (unpaired) electrons. The third-order valence-corrected chi connectivity index (χ3v) is 7.28. The Morgan fingerprint density at radius 2 is 1.83 bits per heavy atom. The van der Waals surface area contributed by atoms with Crippen LogP contribution in [-0.4, -0.2) is 47.2 Å². The third kappa shape index (κ3) is 4.43. The van der Waals surface area contributed by atoms with E-state index in [0.29, 0.717) is 5.25 Å². The summed E-state index contributed by atoms with van der Waals surface area (Å²) in [5.41, 5.74) is 3.21. The maximum Gasteiger partial charge on any atom is 0.253 e. The van der Waals surface area contributed by atoms with Gasteiger partial charge in [0.15, 0.2) is 5.13 Å². The van der Waals surface area contributed by atoms with E-state index in [1.165, 1.54) is 15.2 Å². The van der Waals surface area contributed by atoms with Crippen LogP contribution < -0.4 is 4.90 Å². The van der Waals surface area contributed by atoms with Crippen LogP contribution >= 0.6 is 23.1 Å². The minimum Gasteiger partial charge on any atom is -0.345 e. The monoisotopic (exact) mass is 425 g/mol. The van der Waals surface area contributed by atoms with Gasteiger partial charge < -0.3 is 9.80 Å². The summed E-state index contributed by atoms with van der Waals surface area (Å²) in [7, 11) is 0. The summed E-state index contributed by atoms with van der Waals surface area (Å²) >= 11 is 3.57. The second-order valence-electron chi connectivity index (χ2n) is 7.58. The molecule has 3 aromatic rings. The molecule has 4 nitrogen and oxygen atoms in total. The van der Waals surface area contributed by atoms with E-state index >= 15 is 0 Å². The Kier molecular flexibility index (Phi) is 6.11. The number of thioether (sulfide) groups is 1. The molecule has 2 heterocycles. The summed E-state index contributed by atoms with van der Waals surface area (Å²) in [5, 5.41) is 1.61. The molecule has 0 N–H and O–H groups in total. The number of hydrogen-bond acceptors (Lipinski definition) is 5. The van der Waals surface area contributed by atoms with Crippen LogP contribution in [0.15, 0.2) is 47.4 Å². The first-order chi connectivity index (χ1) is 14.0. The molecule has 0 unspecified atom stereocenters. The zero-order valence-electron chi connectivity index (χ0n) is 17.2. The van der Waals surface area contributed by atoms with E-state index in [4.69, 9.17) is 4.98 Å². The average molecular weight is 426 g/mol. The standard InChI is InChI=1S/C23H27N3OS2/c1-4-17-6-5-7-20-21(17)24-23(29-20)26-14-12-25(13-15-26)22(27)18-8-10-19(11-9-18)28-16(2)3/h5-11,16H,4,12-15H2,1-3H3. The second-order valence-corrected chi connectivity index (χ2v) is 10.2. The number of carbonyl (C=O) groups is 1. The Bertz CT molecular complexity index is 989. The summed E-state index contributed by atoms with van der Waals surface area (Å²) < 4.78 is 1.25. The van der Waals surface area contributed by atoms with Gasteiger partial charge in [-0.2, -0.15) is 0 Å². The van der Waals surface area contributed by atoms with Crippen LogP contribution in [0.2, 0.25) is 0 Å². The van der Waals surface area contributed by atoms with Gasteiger partial charge in [-0.3, -0.25) is 4.79 Å². The minimum absolute atomic E-state index is 0.128. The summed E-state index contributed by atoms with van der Waals surface area (Å²) in [5.74, 6) is 0.128. The van der Waals surface area contributed by atoms with E-state index in [-0.39, 0.29) is 5.91 Å². The molecule has 0 spiro atoms. The highest BCUT2D eigenvalue weighted by atomic mass is 32.2. The van der Waals surface area contributed by atoms with Crippen molar-refractivity contribution in [1.82, 2.24) is 9.88 Å². The van der Waals surface area contributed by atoms with Crippen molar-refractivity contribution in [1.29, 1.82) is 0 Å². The molecule has 0 saturated carbocycles. The van der Waals surface area contributed by atoms with Gasteiger partial charge >= 0.3 is 0 Å². The predicted octanol–water partition coefficient (Wildman–Crippen LogP) is 5.32. The van der Waals surface area contributed by atoms with E-state index in [1.807, 2.05) is 28.8 Å². The molecule has 0 bridgehead atoms. The normalized spacial score (nSPS) is 14.8. The first-order valence-electron chi connectivity index (χ1n) is 10.2. The van der Waals surface area contributed by atoms with Gasteiger partial charge in [0.05, 0.1) is 10.2 Å². The molecule has 1 fully saturated rings. The van der Waals surface area contributed by atoms with Crippen LogP contribution in [0.25, 0.3) is 10.2 Å². The smallest absolute Gasteiger partial charge is 0.253 e. The number of para-hydroxylation sites is 1. The Morgan fingerprint density at radius 3 is 2.48 bits per heavy atom. The SMILES string of the molecule is CCc1cccc2sc(N3CCN(C(=O)c4ccc(SC(C)C)cc4)CC3)nc12. The number of aromatic nitrogens is 1. The number of aryl methyl sites for hydroxylation is 1. The predicted molar refractivity (Wildman–Crippen MR) is 125 cm³/mol. The van der Waals surface area contributed by atoms with E-state index < -0.39 is 0 Å². The molecule has 6 heteroatoms. The van der Waals surface area contributed by atoms with Gasteiger partial charge in [0, 0.05) is 41.9 Å². The number of carbonyl (C=O) groups excluding carboxylic acids is 1. The number of benzene rings is 2. The molecule has 4 rings (SSSR count). The van der Waals surface area contributed by atoms with Crippen LogP contribution in [0.4, 0.5) is 5.13 Å². The molecule has 1 amide bonds. The third-order valence-electron chi connectivity index (χ3n) is 5.18. The number of thiazole rings is 1. The quantitative estimate of drug-likeness (QED) is 0.518. The minimum atomic E-state index is 0.128. The molecule has 1 aliphatic rings. The number of rotatable bonds is 5. The maximum absolute atomic E-state index is 12.9. The van der Waals surface area contributed by atoms with Crippen molar-refractivity contribution in [3.63, 3.8) is 0 Å². The molecule has 0 atom stereocenters. The van der Waals surface area contributed by atoms with Gasteiger partial charge in [0.2, 0.25) is 0 Å². The Hall–Kier alpha value is -2.05. The van der Waals surface area contributed by atoms with Gasteiger partial charge in [-0.25, -0.2) is 4.98 Å². The fraction of sp³-hybridized carbons (Fsp3) is 0.391. The van der Waals surface area contributed by atoms with E-state index in [2.05, 4.69) is 56.0 Å². The molecule has 1 saturated heterocycles. The first-order valence-corrected chi connectivity index (χ1v) is 11.9. The molecule has 2 aromatic carbocycles. The highest BCUT2D eigenvalue weighted by Gasteiger charge is 2.24. The first kappa shape index (κ1) is 20.2. The second kappa shape index (κ2) is 8.76. The summed E-state index contributed by atoms with van der Waals surface area (Å²) in [6, 6.07) is 14.5. The topological polar surface area (TPSA) is 36.4 Å². The summed E-state index contributed by atoms with van der Waals surface area (Å²) in [6.07, 6.45) is 0.997. The number of nitrogens with zero attached hydrogens (tertiary/aromatic N) is 3. The number of piperazine rings is 1. The highest BCUT2D eigenvalue weighted by molar-refractivity contribution is 7.99. The Labute approximate surface area is 180 Å². The van der Waals surface area contributed by atoms with Gasteiger partial charge in [0.25, 0.3) is 5.91 Å². The lowest BCUT2D eigenvalue weighted by molar-refractivity contribution is 0.0746. The van der Waals surface area contributed by atoms with Crippen LogP contribution in [0.3, 0.4) is 0 Å². The highest BCUT2D eigenvalue weighted by Crippen LogP contribution is 2.31. The van der Waals surface area contributed by atoms with E-state index in [9.17, 15) is 4.79 Å². The summed E-state index contributed by atoms with van der Waals surface area (Å²) in [4.78, 5) is 23.3. The fourth-order valence-corrected chi connectivity index (χ4v) is 5.55. The van der Waals surface area contributed by atoms with Crippen molar-refractivity contribution in [2.75, 3.05) is 31.1 Å². The van der Waals surface area contributed by atoms with Crippen LogP contribution in [0.5, 0.6) is 0 Å². The number of amides is 1. The largest absolute Gasteiger partial charge is 0.345 e. The van der Waals surface area contributed by atoms with Crippen molar-refractivity contribution in [2.24, 2.45) is 0 Å². The lowest BCUT2D eigenvalue weighted by atomic mass is 10.1. The van der Waals surface area contributed by atoms with Crippen LogP contribution in [-0.2, 0) is 6.42 Å². The van der Waals surface area contributed by atoms with Crippen LogP contribution in [0.1, 0.15) is 36.7 Å². The molecule has 29 heavy (non-hydrogen) atoms.